The quantitative estimate of drug-likeness (QED) is 0.302. The second-order valence-corrected chi connectivity index (χ2v) is 11.5. The van der Waals surface area contributed by atoms with Crippen molar-refractivity contribution in [1.29, 1.82) is 0 Å². The Kier molecular flexibility index (Phi) is 4.53. The number of aryl methyl sites for hydroxylation is 1. The lowest BCUT2D eigenvalue weighted by molar-refractivity contribution is 0.590. The first-order valence-corrected chi connectivity index (χ1v) is 11.9. The van der Waals surface area contributed by atoms with Crippen LogP contribution in [-0.4, -0.2) is 0 Å². The van der Waals surface area contributed by atoms with Crippen molar-refractivity contribution in [3.05, 3.63) is 95.1 Å². The monoisotopic (exact) mass is 422 g/mol. The van der Waals surface area contributed by atoms with Gasteiger partial charge in [-0.15, -0.1) is 11.3 Å². The van der Waals surface area contributed by atoms with Crippen molar-refractivity contribution in [2.75, 3.05) is 0 Å². The Hall–Kier alpha value is -2.64. The lowest BCUT2D eigenvalue weighted by Gasteiger charge is -2.22. The van der Waals surface area contributed by atoms with Gasteiger partial charge in [-0.3, -0.25) is 0 Å². The van der Waals surface area contributed by atoms with E-state index >= 15 is 0 Å². The van der Waals surface area contributed by atoms with Crippen molar-refractivity contribution in [3.63, 3.8) is 0 Å². The molecule has 4 aromatic rings. The van der Waals surface area contributed by atoms with Crippen LogP contribution in [0.15, 0.2) is 72.8 Å². The molecule has 0 radical (unpaired) electrons. The normalized spacial score (nSPS) is 14.4. The second-order valence-electron chi connectivity index (χ2n) is 10.4. The molecule has 156 valence electrons. The van der Waals surface area contributed by atoms with Crippen LogP contribution in [0, 0.1) is 6.92 Å². The predicted octanol–water partition coefficient (Wildman–Crippen LogP) is 8.99. The Morgan fingerprint density at radius 3 is 1.84 bits per heavy atom. The highest BCUT2D eigenvalue weighted by Gasteiger charge is 2.35. The highest BCUT2D eigenvalue weighted by atomic mass is 32.1. The largest absolute Gasteiger partial charge is 0.135 e. The number of hydrogen-bond donors (Lipinski definition) is 0. The summed E-state index contributed by atoms with van der Waals surface area (Å²) in [5, 5.41) is 0. The summed E-state index contributed by atoms with van der Waals surface area (Å²) in [6.07, 6.45) is 0. The molecule has 0 saturated heterocycles. The molecule has 0 amide bonds. The topological polar surface area (TPSA) is 0 Å². The summed E-state index contributed by atoms with van der Waals surface area (Å²) in [5.74, 6) is 0. The fourth-order valence-electron chi connectivity index (χ4n) is 4.79. The molecule has 1 heterocycles. The van der Waals surface area contributed by atoms with Crippen LogP contribution in [0.5, 0.6) is 0 Å². The molecule has 1 aromatic heterocycles. The standard InChI is InChI=1S/C30H30S/c1-19-7-13-23-24-14-10-21(18-26(24)30(5,6)25(23)17-19)28-16-15-27(31-28)20-8-11-22(12-9-20)29(2,3)4/h7-18H,1-6H3. The zero-order chi connectivity index (χ0) is 22.0. The highest BCUT2D eigenvalue weighted by Crippen LogP contribution is 2.50. The van der Waals surface area contributed by atoms with Crippen molar-refractivity contribution in [2.24, 2.45) is 0 Å². The Labute approximate surface area is 190 Å². The van der Waals surface area contributed by atoms with Crippen LogP contribution in [-0.2, 0) is 10.8 Å². The van der Waals surface area contributed by atoms with E-state index in [0.29, 0.717) is 0 Å². The Morgan fingerprint density at radius 2 is 1.19 bits per heavy atom. The van der Waals surface area contributed by atoms with E-state index in [0.717, 1.165) is 0 Å². The van der Waals surface area contributed by atoms with Gasteiger partial charge >= 0.3 is 0 Å². The van der Waals surface area contributed by atoms with E-state index < -0.39 is 0 Å². The van der Waals surface area contributed by atoms with Crippen molar-refractivity contribution < 1.29 is 0 Å². The molecule has 3 aromatic carbocycles. The summed E-state index contributed by atoms with van der Waals surface area (Å²) < 4.78 is 0. The second kappa shape index (κ2) is 6.93. The van der Waals surface area contributed by atoms with E-state index in [1.54, 1.807) is 0 Å². The minimum Gasteiger partial charge on any atom is -0.135 e. The van der Waals surface area contributed by atoms with Crippen LogP contribution in [0.4, 0.5) is 0 Å². The third-order valence-corrected chi connectivity index (χ3v) is 7.94. The van der Waals surface area contributed by atoms with Gasteiger partial charge < -0.3 is 0 Å². The van der Waals surface area contributed by atoms with Crippen LogP contribution < -0.4 is 0 Å². The molecule has 0 aliphatic heterocycles. The van der Waals surface area contributed by atoms with Crippen molar-refractivity contribution in [3.8, 4) is 32.0 Å². The SMILES string of the molecule is Cc1ccc2c(c1)C(C)(C)c1cc(-c3ccc(-c4ccc(C(C)(C)C)cc4)s3)ccc1-2. The molecular weight excluding hydrogens is 392 g/mol. The summed E-state index contributed by atoms with van der Waals surface area (Å²) in [4.78, 5) is 2.66. The van der Waals surface area contributed by atoms with Crippen LogP contribution in [0.25, 0.3) is 32.0 Å². The number of benzene rings is 3. The van der Waals surface area contributed by atoms with Crippen LogP contribution >= 0.6 is 11.3 Å². The maximum absolute atomic E-state index is 2.42. The number of thiophene rings is 1. The molecule has 0 spiro atoms. The van der Waals surface area contributed by atoms with E-state index in [1.165, 1.54) is 54.3 Å². The van der Waals surface area contributed by atoms with Crippen LogP contribution in [0.3, 0.4) is 0 Å². The van der Waals surface area contributed by atoms with Gasteiger partial charge in [0.2, 0.25) is 0 Å². The van der Waals surface area contributed by atoms with E-state index in [9.17, 15) is 0 Å². The summed E-state index contributed by atoms with van der Waals surface area (Å²) in [5.41, 5.74) is 11.2. The molecule has 1 heteroatoms. The van der Waals surface area contributed by atoms with Gasteiger partial charge in [0.05, 0.1) is 0 Å². The van der Waals surface area contributed by atoms with Gasteiger partial charge in [-0.1, -0.05) is 94.8 Å². The molecule has 0 fully saturated rings. The van der Waals surface area contributed by atoms with Gasteiger partial charge in [0.15, 0.2) is 0 Å². The van der Waals surface area contributed by atoms with Gasteiger partial charge in [0.1, 0.15) is 0 Å². The third-order valence-electron chi connectivity index (χ3n) is 6.76. The van der Waals surface area contributed by atoms with Crippen molar-refractivity contribution in [1.82, 2.24) is 0 Å². The molecule has 0 bridgehead atoms. The molecule has 1 aliphatic carbocycles. The number of rotatable bonds is 2. The maximum Gasteiger partial charge on any atom is 0.0349 e. The smallest absolute Gasteiger partial charge is 0.0349 e. The van der Waals surface area contributed by atoms with Gasteiger partial charge in [-0.25, -0.2) is 0 Å². The highest BCUT2D eigenvalue weighted by molar-refractivity contribution is 7.18. The minimum atomic E-state index is 0.0373. The van der Waals surface area contributed by atoms with Crippen LogP contribution in [0.2, 0.25) is 0 Å². The first kappa shape index (κ1) is 20.3. The van der Waals surface area contributed by atoms with E-state index in [-0.39, 0.29) is 10.8 Å². The lowest BCUT2D eigenvalue weighted by atomic mass is 9.81. The lowest BCUT2D eigenvalue weighted by Crippen LogP contribution is -2.15. The average Bonchev–Trinajstić information content (AvgIpc) is 3.30. The first-order chi connectivity index (χ1) is 14.6. The Bertz CT molecular complexity index is 1280. The van der Waals surface area contributed by atoms with Crippen LogP contribution in [0.1, 0.15) is 56.9 Å². The average molecular weight is 423 g/mol. The summed E-state index contributed by atoms with van der Waals surface area (Å²) >= 11 is 1.88. The molecule has 1 aliphatic rings. The predicted molar refractivity (Wildman–Crippen MR) is 136 cm³/mol. The fraction of sp³-hybridized carbons (Fsp3) is 0.267. The molecule has 5 rings (SSSR count). The molecule has 0 atom stereocenters. The van der Waals surface area contributed by atoms with Gasteiger partial charge in [0.25, 0.3) is 0 Å². The van der Waals surface area contributed by atoms with Gasteiger partial charge in [0, 0.05) is 15.2 Å². The summed E-state index contributed by atoms with van der Waals surface area (Å²) in [6, 6.07) is 27.5. The van der Waals surface area contributed by atoms with Gasteiger partial charge in [-0.05, 0) is 69.5 Å². The third kappa shape index (κ3) is 3.36. The molecule has 31 heavy (non-hydrogen) atoms. The fourth-order valence-corrected chi connectivity index (χ4v) is 5.80. The molecule has 0 N–H and O–H groups in total. The summed E-state index contributed by atoms with van der Waals surface area (Å²) in [7, 11) is 0. The molecule has 0 unspecified atom stereocenters. The molecule has 0 nitrogen and oxygen atoms in total. The zero-order valence-electron chi connectivity index (χ0n) is 19.3. The molecule has 0 saturated carbocycles. The molecular formula is C30H30S. The van der Waals surface area contributed by atoms with E-state index in [2.05, 4.69) is 114 Å². The van der Waals surface area contributed by atoms with E-state index in [4.69, 9.17) is 0 Å². The first-order valence-electron chi connectivity index (χ1n) is 11.1. The summed E-state index contributed by atoms with van der Waals surface area (Å²) in [6.45, 7) is 13.7. The number of fused-ring (bicyclic) bond motifs is 3. The Balaban J connectivity index is 1.51. The van der Waals surface area contributed by atoms with Crippen molar-refractivity contribution in [2.45, 2.75) is 52.4 Å². The van der Waals surface area contributed by atoms with Gasteiger partial charge in [-0.2, -0.15) is 0 Å². The zero-order valence-corrected chi connectivity index (χ0v) is 20.2. The minimum absolute atomic E-state index is 0.0373. The van der Waals surface area contributed by atoms with Crippen molar-refractivity contribution >= 4 is 11.3 Å². The maximum atomic E-state index is 2.42. The van der Waals surface area contributed by atoms with E-state index in [1.807, 2.05) is 11.3 Å². The Morgan fingerprint density at radius 1 is 0.645 bits per heavy atom. The number of hydrogen-bond acceptors (Lipinski definition) is 1.